The number of pyridine rings is 2. The number of anilines is 1. The molecule has 0 saturated heterocycles. The second kappa shape index (κ2) is 8.24. The van der Waals surface area contributed by atoms with E-state index in [4.69, 9.17) is 10.5 Å². The number of carbonyl (C=O) groups is 1. The number of benzene rings is 2. The first-order valence-electron chi connectivity index (χ1n) is 11.9. The Labute approximate surface area is 208 Å². The Morgan fingerprint density at radius 3 is 2.47 bits per heavy atom. The maximum atomic E-state index is 14.6. The first kappa shape index (κ1) is 22.4. The van der Waals surface area contributed by atoms with E-state index in [0.717, 1.165) is 44.6 Å². The first-order valence-corrected chi connectivity index (χ1v) is 11.9. The van der Waals surface area contributed by atoms with Gasteiger partial charge in [-0.2, -0.15) is 0 Å². The van der Waals surface area contributed by atoms with Gasteiger partial charge in [-0.05, 0) is 90.0 Å². The van der Waals surface area contributed by atoms with Gasteiger partial charge in [-0.15, -0.1) is 0 Å². The van der Waals surface area contributed by atoms with E-state index in [0.29, 0.717) is 29.2 Å². The Kier molecular flexibility index (Phi) is 5.12. The van der Waals surface area contributed by atoms with Crippen LogP contribution < -0.4 is 11.1 Å². The Bertz CT molecular complexity index is 1540. The molecule has 0 unspecified atom stereocenters. The Morgan fingerprint density at radius 2 is 1.72 bits per heavy atom. The molecular formula is C29H25FN4O2. The number of rotatable bonds is 4. The molecule has 0 aliphatic carbocycles. The molecule has 2 aromatic carbocycles. The minimum Gasteiger partial charge on any atom is -0.384 e. The van der Waals surface area contributed by atoms with Crippen LogP contribution in [0.1, 0.15) is 67.3 Å². The van der Waals surface area contributed by atoms with Crippen LogP contribution in [-0.2, 0) is 11.3 Å². The minimum absolute atomic E-state index is 0.169. The third kappa shape index (κ3) is 3.55. The second-order valence-electron chi connectivity index (χ2n) is 9.50. The monoisotopic (exact) mass is 480 g/mol. The standard InChI is InChI=1S/C29H25FN4O2/c1-14-8-26(31)34-16(3)23(14)12-33-29(35)18-5-7-20-22(11-18)28-21-10-17(4-6-19(21)27(20)36-28)24-13-32-15(2)9-25(24)30/h4-11,13,27-28H,12H2,1-3H3,(H2,31,34)(H,33,35)/t27-,28+/m0/s1. The van der Waals surface area contributed by atoms with E-state index in [2.05, 4.69) is 15.3 Å². The van der Waals surface area contributed by atoms with Crippen LogP contribution in [0.15, 0.2) is 54.7 Å². The third-order valence-electron chi connectivity index (χ3n) is 7.14. The van der Waals surface area contributed by atoms with E-state index < -0.39 is 0 Å². The van der Waals surface area contributed by atoms with Crippen molar-refractivity contribution < 1.29 is 13.9 Å². The van der Waals surface area contributed by atoms with Crippen LogP contribution in [0.3, 0.4) is 0 Å². The maximum Gasteiger partial charge on any atom is 0.251 e. The van der Waals surface area contributed by atoms with Crippen molar-refractivity contribution in [3.05, 3.63) is 111 Å². The zero-order valence-corrected chi connectivity index (χ0v) is 20.2. The number of nitrogen functional groups attached to an aromatic ring is 1. The van der Waals surface area contributed by atoms with E-state index in [1.807, 2.05) is 56.3 Å². The highest BCUT2D eigenvalue weighted by Gasteiger charge is 2.43. The van der Waals surface area contributed by atoms with Crippen LogP contribution in [0.5, 0.6) is 0 Å². The summed E-state index contributed by atoms with van der Waals surface area (Å²) in [6.45, 7) is 5.98. The second-order valence-corrected chi connectivity index (χ2v) is 9.50. The fraction of sp³-hybridized carbons (Fsp3) is 0.207. The first-order chi connectivity index (χ1) is 17.3. The number of amides is 1. The van der Waals surface area contributed by atoms with Gasteiger partial charge < -0.3 is 15.8 Å². The van der Waals surface area contributed by atoms with Crippen LogP contribution in [0.4, 0.5) is 10.2 Å². The van der Waals surface area contributed by atoms with Gasteiger partial charge >= 0.3 is 0 Å². The summed E-state index contributed by atoms with van der Waals surface area (Å²) in [5.74, 6) is 0.00389. The van der Waals surface area contributed by atoms with Gasteiger partial charge in [-0.25, -0.2) is 9.37 Å². The topological polar surface area (TPSA) is 90.1 Å². The molecule has 2 atom stereocenters. The molecule has 0 fully saturated rings. The molecule has 3 N–H and O–H groups in total. The summed E-state index contributed by atoms with van der Waals surface area (Å²) in [5, 5.41) is 3.00. The number of halogens is 1. The van der Waals surface area contributed by atoms with Crippen molar-refractivity contribution in [1.82, 2.24) is 15.3 Å². The van der Waals surface area contributed by atoms with E-state index >= 15 is 0 Å². The molecule has 6 nitrogen and oxygen atoms in total. The van der Waals surface area contributed by atoms with Crippen molar-refractivity contribution in [2.24, 2.45) is 0 Å². The lowest BCUT2D eigenvalue weighted by Crippen LogP contribution is -2.24. The average Bonchev–Trinajstić information content (AvgIpc) is 3.40. The van der Waals surface area contributed by atoms with Gasteiger partial charge in [0, 0.05) is 35.3 Å². The number of nitrogens with one attached hydrogen (secondary N) is 1. The van der Waals surface area contributed by atoms with Crippen molar-refractivity contribution in [2.45, 2.75) is 39.5 Å². The molecule has 6 rings (SSSR count). The fourth-order valence-corrected chi connectivity index (χ4v) is 5.32. The van der Waals surface area contributed by atoms with Crippen molar-refractivity contribution in [3.63, 3.8) is 0 Å². The predicted octanol–water partition coefficient (Wildman–Crippen LogP) is 5.24. The molecule has 4 aromatic rings. The fourth-order valence-electron chi connectivity index (χ4n) is 5.32. The van der Waals surface area contributed by atoms with Gasteiger partial charge in [0.2, 0.25) is 0 Å². The lowest BCUT2D eigenvalue weighted by atomic mass is 9.84. The highest BCUT2D eigenvalue weighted by Crippen LogP contribution is 2.54. The van der Waals surface area contributed by atoms with Crippen molar-refractivity contribution in [2.75, 3.05) is 5.73 Å². The van der Waals surface area contributed by atoms with E-state index in [1.165, 1.54) is 6.07 Å². The SMILES string of the molecule is Cc1cc(F)c(-c2ccc3c(c2)[C@H]2O[C@@H]3c3ccc(C(=O)NCc4c(C)cc(N)nc4C)cc32)cn1. The molecule has 180 valence electrons. The average molecular weight is 481 g/mol. The third-order valence-corrected chi connectivity index (χ3v) is 7.14. The number of nitrogens with two attached hydrogens (primary N) is 1. The molecule has 4 heterocycles. The number of aromatic nitrogens is 2. The highest BCUT2D eigenvalue weighted by atomic mass is 19.1. The Morgan fingerprint density at radius 1 is 1.00 bits per heavy atom. The van der Waals surface area contributed by atoms with Gasteiger partial charge in [-0.3, -0.25) is 9.78 Å². The number of hydrogen-bond acceptors (Lipinski definition) is 5. The van der Waals surface area contributed by atoms with E-state index in [9.17, 15) is 9.18 Å². The zero-order valence-electron chi connectivity index (χ0n) is 20.2. The molecule has 2 aliphatic rings. The number of ether oxygens (including phenoxy) is 1. The summed E-state index contributed by atoms with van der Waals surface area (Å²) in [5.41, 5.74) is 15.1. The van der Waals surface area contributed by atoms with Crippen LogP contribution in [0, 0.1) is 26.6 Å². The lowest BCUT2D eigenvalue weighted by Gasteiger charge is -2.18. The number of aryl methyl sites for hydroxylation is 3. The predicted molar refractivity (Wildman–Crippen MR) is 135 cm³/mol. The van der Waals surface area contributed by atoms with Crippen LogP contribution in [0.25, 0.3) is 11.1 Å². The van der Waals surface area contributed by atoms with Gasteiger partial charge in [0.05, 0.1) is 0 Å². The minimum atomic E-state index is -0.298. The van der Waals surface area contributed by atoms with Gasteiger partial charge in [0.25, 0.3) is 5.91 Å². The maximum absolute atomic E-state index is 14.6. The summed E-state index contributed by atoms with van der Waals surface area (Å²) < 4.78 is 20.9. The highest BCUT2D eigenvalue weighted by molar-refractivity contribution is 5.94. The van der Waals surface area contributed by atoms with Crippen LogP contribution in [-0.4, -0.2) is 15.9 Å². The molecule has 7 heteroatoms. The van der Waals surface area contributed by atoms with Crippen molar-refractivity contribution in [3.8, 4) is 11.1 Å². The van der Waals surface area contributed by atoms with Gasteiger partial charge in [0.15, 0.2) is 0 Å². The molecule has 36 heavy (non-hydrogen) atoms. The van der Waals surface area contributed by atoms with E-state index in [1.54, 1.807) is 13.1 Å². The summed E-state index contributed by atoms with van der Waals surface area (Å²) in [6.07, 6.45) is 1.09. The molecule has 1 amide bonds. The molecule has 2 bridgehead atoms. The zero-order chi connectivity index (χ0) is 25.1. The van der Waals surface area contributed by atoms with Gasteiger partial charge in [-0.1, -0.05) is 18.2 Å². The molecule has 2 aromatic heterocycles. The molecular weight excluding hydrogens is 455 g/mol. The number of carbonyl (C=O) groups excluding carboxylic acids is 1. The van der Waals surface area contributed by atoms with Crippen molar-refractivity contribution >= 4 is 11.7 Å². The Balaban J connectivity index is 1.27. The number of fused-ring (bicyclic) bond motifs is 8. The number of hydrogen-bond donors (Lipinski definition) is 2. The Hall–Kier alpha value is -4.10. The molecule has 2 aliphatic heterocycles. The molecule has 0 radical (unpaired) electrons. The summed E-state index contributed by atoms with van der Waals surface area (Å²) in [7, 11) is 0. The summed E-state index contributed by atoms with van der Waals surface area (Å²) >= 11 is 0. The van der Waals surface area contributed by atoms with Crippen molar-refractivity contribution in [1.29, 1.82) is 0 Å². The largest absolute Gasteiger partial charge is 0.384 e. The quantitative estimate of drug-likeness (QED) is 0.417. The lowest BCUT2D eigenvalue weighted by molar-refractivity contribution is 0.0857. The van der Waals surface area contributed by atoms with E-state index in [-0.39, 0.29) is 23.9 Å². The van der Waals surface area contributed by atoms with Crippen LogP contribution >= 0.6 is 0 Å². The normalized spacial score (nSPS) is 17.1. The van der Waals surface area contributed by atoms with Crippen LogP contribution in [0.2, 0.25) is 0 Å². The molecule has 0 saturated carbocycles. The smallest absolute Gasteiger partial charge is 0.251 e. The number of nitrogens with zero attached hydrogens (tertiary/aromatic N) is 2. The summed E-state index contributed by atoms with van der Waals surface area (Å²) in [4.78, 5) is 21.6. The van der Waals surface area contributed by atoms with Gasteiger partial charge in [0.1, 0.15) is 23.8 Å². The molecule has 0 spiro atoms. The summed E-state index contributed by atoms with van der Waals surface area (Å²) in [6, 6.07) is 14.8.